The third-order valence-electron chi connectivity index (χ3n) is 5.28. The van der Waals surface area contributed by atoms with Gasteiger partial charge in [0, 0.05) is 41.4 Å². The third kappa shape index (κ3) is 5.88. The molecule has 1 aromatic heterocycles. The Kier molecular flexibility index (Phi) is 8.14. The third-order valence-corrected chi connectivity index (χ3v) is 6.29. The second kappa shape index (κ2) is 11.3. The fourth-order valence-electron chi connectivity index (χ4n) is 3.56. The maximum absolute atomic E-state index is 12.8. The van der Waals surface area contributed by atoms with Gasteiger partial charge < -0.3 is 9.42 Å². The van der Waals surface area contributed by atoms with Gasteiger partial charge in [-0.05, 0) is 24.3 Å². The highest BCUT2D eigenvalue weighted by Crippen LogP contribution is 2.36. The number of amides is 1. The first-order chi connectivity index (χ1) is 16.8. The van der Waals surface area contributed by atoms with Crippen LogP contribution in [0.5, 0.6) is 0 Å². The van der Waals surface area contributed by atoms with Crippen molar-refractivity contribution in [3.63, 3.8) is 0 Å². The van der Waals surface area contributed by atoms with E-state index in [0.717, 1.165) is 0 Å². The Morgan fingerprint density at radius 2 is 1.57 bits per heavy atom. The lowest BCUT2D eigenvalue weighted by atomic mass is 10.1. The molecule has 0 saturated heterocycles. The molecule has 178 valence electrons. The lowest BCUT2D eigenvalue weighted by molar-refractivity contribution is -0.117. The Labute approximate surface area is 222 Å². The quantitative estimate of drug-likeness (QED) is 0.167. The fraction of sp³-hybridized carbons (Fsp3) is 0.115. The number of hydrogen-bond donors (Lipinski definition) is 0. The summed E-state index contributed by atoms with van der Waals surface area (Å²) in [6.07, 6.45) is 0.0952. The van der Waals surface area contributed by atoms with Crippen LogP contribution in [0, 0.1) is 0 Å². The van der Waals surface area contributed by atoms with E-state index in [0.29, 0.717) is 43.9 Å². The van der Waals surface area contributed by atoms with Crippen molar-refractivity contribution in [3.8, 4) is 22.6 Å². The molecule has 0 aliphatic rings. The molecule has 0 unspecified atom stereocenters. The number of nitrogens with zero attached hydrogens (tertiary/aromatic N) is 2. The van der Waals surface area contributed by atoms with Gasteiger partial charge in [0.15, 0.2) is 16.4 Å². The first-order valence-electron chi connectivity index (χ1n) is 10.5. The molecule has 0 fully saturated rings. The summed E-state index contributed by atoms with van der Waals surface area (Å²) in [5, 5.41) is 5.00. The number of alkyl halides is 2. The Hall–Kier alpha value is -2.83. The minimum atomic E-state index is -1.29. The van der Waals surface area contributed by atoms with E-state index in [2.05, 4.69) is 5.16 Å². The predicted molar refractivity (Wildman–Crippen MR) is 141 cm³/mol. The average molecular weight is 548 g/mol. The second-order valence-electron chi connectivity index (χ2n) is 7.55. The maximum atomic E-state index is 12.8. The lowest BCUT2D eigenvalue weighted by Crippen LogP contribution is -2.36. The lowest BCUT2D eigenvalue weighted by Gasteiger charge is -2.23. The zero-order chi connectivity index (χ0) is 24.9. The number of carbonyl (C=O) groups excluding carboxylic acids is 2. The number of rotatable bonds is 8. The van der Waals surface area contributed by atoms with E-state index in [-0.39, 0.29) is 18.7 Å². The molecule has 0 saturated carbocycles. The molecule has 1 amide bonds. The standard InChI is InChI=1S/C26H18Cl4N2O3/c27-19-10-5-11-20(28)24(19)21-15-23(35-31-21)17-8-4-9-18(14-17)32(26(34)25(29)30)13-12-22(33)16-6-2-1-3-7-16/h1-11,14-15,25H,12-13H2. The summed E-state index contributed by atoms with van der Waals surface area (Å²) in [6.45, 7) is 0.100. The van der Waals surface area contributed by atoms with Gasteiger partial charge in [-0.15, -0.1) is 0 Å². The summed E-state index contributed by atoms with van der Waals surface area (Å²) >= 11 is 24.4. The summed E-state index contributed by atoms with van der Waals surface area (Å²) in [5.41, 5.74) is 2.76. The van der Waals surface area contributed by atoms with Gasteiger partial charge >= 0.3 is 0 Å². The molecular weight excluding hydrogens is 530 g/mol. The molecule has 0 aliphatic heterocycles. The number of hydrogen-bond acceptors (Lipinski definition) is 4. The minimum Gasteiger partial charge on any atom is -0.356 e. The Morgan fingerprint density at radius 1 is 0.886 bits per heavy atom. The molecular formula is C26H18Cl4N2O3. The van der Waals surface area contributed by atoms with Crippen molar-refractivity contribution in [2.24, 2.45) is 0 Å². The van der Waals surface area contributed by atoms with E-state index in [4.69, 9.17) is 50.9 Å². The molecule has 1 heterocycles. The summed E-state index contributed by atoms with van der Waals surface area (Å²) in [4.78, 5) is 25.5. The van der Waals surface area contributed by atoms with Gasteiger partial charge in [0.1, 0.15) is 5.69 Å². The molecule has 4 rings (SSSR count). The van der Waals surface area contributed by atoms with Gasteiger partial charge in [-0.2, -0.15) is 0 Å². The molecule has 9 heteroatoms. The average Bonchev–Trinajstić information content (AvgIpc) is 3.34. The van der Waals surface area contributed by atoms with Crippen molar-refractivity contribution in [1.29, 1.82) is 0 Å². The van der Waals surface area contributed by atoms with E-state index in [9.17, 15) is 9.59 Å². The summed E-state index contributed by atoms with van der Waals surface area (Å²) in [5.74, 6) is -0.192. The summed E-state index contributed by atoms with van der Waals surface area (Å²) in [6, 6.07) is 22.8. The van der Waals surface area contributed by atoms with Crippen molar-refractivity contribution in [3.05, 3.63) is 94.5 Å². The highest BCUT2D eigenvalue weighted by molar-refractivity contribution is 6.54. The van der Waals surface area contributed by atoms with Crippen LogP contribution in [-0.4, -0.2) is 28.2 Å². The Morgan fingerprint density at radius 3 is 2.26 bits per heavy atom. The summed E-state index contributed by atoms with van der Waals surface area (Å²) in [7, 11) is 0. The van der Waals surface area contributed by atoms with Crippen LogP contribution >= 0.6 is 46.4 Å². The SMILES string of the molecule is O=C(CCN(C(=O)C(Cl)Cl)c1cccc(-c2cc(-c3c(Cl)cccc3Cl)no2)c1)c1ccccc1. The Balaban J connectivity index is 1.61. The highest BCUT2D eigenvalue weighted by Gasteiger charge is 2.24. The number of carbonyl (C=O) groups is 2. The number of Topliss-reactive ketones (excluding diaryl/α,β-unsaturated/α-hetero) is 1. The van der Waals surface area contributed by atoms with E-state index in [1.165, 1.54) is 4.90 Å². The summed E-state index contributed by atoms with van der Waals surface area (Å²) < 4.78 is 5.54. The number of ketones is 1. The smallest absolute Gasteiger partial charge is 0.260 e. The molecule has 0 aliphatic carbocycles. The van der Waals surface area contributed by atoms with Crippen LogP contribution in [0.2, 0.25) is 10.0 Å². The largest absolute Gasteiger partial charge is 0.356 e. The van der Waals surface area contributed by atoms with Gasteiger partial charge in [0.25, 0.3) is 5.91 Å². The zero-order valence-electron chi connectivity index (χ0n) is 18.1. The molecule has 0 bridgehead atoms. The fourth-order valence-corrected chi connectivity index (χ4v) is 4.39. The van der Waals surface area contributed by atoms with Gasteiger partial charge in [0.2, 0.25) is 0 Å². The van der Waals surface area contributed by atoms with Crippen molar-refractivity contribution in [2.45, 2.75) is 11.3 Å². The molecule has 35 heavy (non-hydrogen) atoms. The van der Waals surface area contributed by atoms with E-state index < -0.39 is 10.7 Å². The van der Waals surface area contributed by atoms with E-state index >= 15 is 0 Å². The molecule has 0 spiro atoms. The van der Waals surface area contributed by atoms with Crippen molar-refractivity contribution < 1.29 is 14.1 Å². The monoisotopic (exact) mass is 546 g/mol. The van der Waals surface area contributed by atoms with Crippen LogP contribution in [0.4, 0.5) is 5.69 Å². The van der Waals surface area contributed by atoms with Gasteiger partial charge in [-0.1, -0.05) is 100 Å². The van der Waals surface area contributed by atoms with Gasteiger partial charge in [-0.25, -0.2) is 0 Å². The van der Waals surface area contributed by atoms with Crippen LogP contribution in [0.15, 0.2) is 83.4 Å². The maximum Gasteiger partial charge on any atom is 0.260 e. The Bertz CT molecular complexity index is 1340. The molecule has 0 atom stereocenters. The first-order valence-corrected chi connectivity index (χ1v) is 12.2. The van der Waals surface area contributed by atoms with Crippen LogP contribution in [-0.2, 0) is 4.79 Å². The second-order valence-corrected chi connectivity index (χ2v) is 9.46. The van der Waals surface area contributed by atoms with Crippen LogP contribution in [0.1, 0.15) is 16.8 Å². The number of anilines is 1. The molecule has 0 N–H and O–H groups in total. The van der Waals surface area contributed by atoms with Gasteiger partial charge in [0.05, 0.1) is 10.0 Å². The van der Waals surface area contributed by atoms with Crippen LogP contribution in [0.3, 0.4) is 0 Å². The van der Waals surface area contributed by atoms with Crippen molar-refractivity contribution >= 4 is 63.8 Å². The zero-order valence-corrected chi connectivity index (χ0v) is 21.2. The van der Waals surface area contributed by atoms with Crippen molar-refractivity contribution in [2.75, 3.05) is 11.4 Å². The topological polar surface area (TPSA) is 63.4 Å². The molecule has 4 aromatic rings. The normalized spacial score (nSPS) is 11.0. The number of aromatic nitrogens is 1. The molecule has 5 nitrogen and oxygen atoms in total. The minimum absolute atomic E-state index is 0.0952. The van der Waals surface area contributed by atoms with Crippen molar-refractivity contribution in [1.82, 2.24) is 5.16 Å². The van der Waals surface area contributed by atoms with Crippen LogP contribution < -0.4 is 4.90 Å². The highest BCUT2D eigenvalue weighted by atomic mass is 35.5. The van der Waals surface area contributed by atoms with Crippen LogP contribution in [0.25, 0.3) is 22.6 Å². The first kappa shape index (κ1) is 25.3. The predicted octanol–water partition coefficient (Wildman–Crippen LogP) is 7.73. The number of halogens is 4. The van der Waals surface area contributed by atoms with Gasteiger partial charge in [-0.3, -0.25) is 9.59 Å². The molecule has 3 aromatic carbocycles. The molecule has 0 radical (unpaired) electrons. The van der Waals surface area contributed by atoms with E-state index in [1.807, 2.05) is 6.07 Å². The number of benzene rings is 3. The van der Waals surface area contributed by atoms with E-state index in [1.54, 1.807) is 72.8 Å².